The van der Waals surface area contributed by atoms with E-state index in [1.54, 1.807) is 0 Å². The maximum Gasteiger partial charge on any atom is 0.306 e. The monoisotopic (exact) mass is 352 g/mol. The van der Waals surface area contributed by atoms with E-state index in [9.17, 15) is 15.0 Å². The number of carbonyl (C=O) groups excluding carboxylic acids is 1. The van der Waals surface area contributed by atoms with Crippen LogP contribution in [0.2, 0.25) is 0 Å². The quantitative estimate of drug-likeness (QED) is 0.523. The maximum absolute atomic E-state index is 12.0. The first kappa shape index (κ1) is 19.8. The number of ether oxygens (including phenoxy) is 3. The van der Waals surface area contributed by atoms with Gasteiger partial charge in [0.2, 0.25) is 0 Å². The smallest absolute Gasteiger partial charge is 0.306 e. The van der Waals surface area contributed by atoms with Crippen LogP contribution in [0.15, 0.2) is 30.3 Å². The molecule has 0 spiro atoms. The van der Waals surface area contributed by atoms with Gasteiger partial charge in [-0.3, -0.25) is 4.79 Å². The first-order chi connectivity index (χ1) is 12.1. The Hall–Kier alpha value is -1.47. The van der Waals surface area contributed by atoms with Gasteiger partial charge in [-0.2, -0.15) is 0 Å². The molecule has 0 aromatic heterocycles. The van der Waals surface area contributed by atoms with E-state index in [0.717, 1.165) is 24.8 Å². The van der Waals surface area contributed by atoms with Crippen LogP contribution in [0.1, 0.15) is 44.6 Å². The predicted octanol–water partition coefficient (Wildman–Crippen LogP) is 2.16. The summed E-state index contributed by atoms with van der Waals surface area (Å²) in [6, 6.07) is 9.60. The minimum absolute atomic E-state index is 0.134. The minimum Gasteiger partial charge on any atom is -0.459 e. The van der Waals surface area contributed by atoms with Crippen molar-refractivity contribution in [2.45, 2.75) is 70.2 Å². The van der Waals surface area contributed by atoms with Gasteiger partial charge in [0.25, 0.3) is 0 Å². The van der Waals surface area contributed by atoms with Crippen LogP contribution in [0.3, 0.4) is 0 Å². The molecule has 1 aliphatic heterocycles. The zero-order chi connectivity index (χ0) is 18.1. The van der Waals surface area contributed by atoms with Crippen molar-refractivity contribution in [2.75, 3.05) is 6.61 Å². The molecule has 1 aromatic rings. The van der Waals surface area contributed by atoms with Crippen LogP contribution >= 0.6 is 0 Å². The molecule has 1 unspecified atom stereocenters. The normalized spacial score (nSPS) is 26.4. The Labute approximate surface area is 148 Å². The summed E-state index contributed by atoms with van der Waals surface area (Å²) >= 11 is 0. The summed E-state index contributed by atoms with van der Waals surface area (Å²) < 4.78 is 16.7. The van der Waals surface area contributed by atoms with Gasteiger partial charge >= 0.3 is 5.97 Å². The summed E-state index contributed by atoms with van der Waals surface area (Å²) in [6.45, 7) is 2.06. The van der Waals surface area contributed by atoms with E-state index in [1.807, 2.05) is 30.3 Å². The molecule has 1 fully saturated rings. The molecule has 0 bridgehead atoms. The molecule has 25 heavy (non-hydrogen) atoms. The molecule has 1 aromatic carbocycles. The maximum atomic E-state index is 12.0. The molecule has 1 heterocycles. The molecule has 140 valence electrons. The van der Waals surface area contributed by atoms with Crippen LogP contribution in [0, 0.1) is 0 Å². The molecular formula is C19H28O6. The fraction of sp³-hybridized carbons (Fsp3) is 0.632. The number of aliphatic hydroxyl groups is 2. The van der Waals surface area contributed by atoms with Gasteiger partial charge in [-0.15, -0.1) is 0 Å². The van der Waals surface area contributed by atoms with Gasteiger partial charge in [0, 0.05) is 12.8 Å². The number of hydrogen-bond acceptors (Lipinski definition) is 6. The molecule has 0 aliphatic carbocycles. The summed E-state index contributed by atoms with van der Waals surface area (Å²) in [5.74, 6) is -0.308. The number of carbonyl (C=O) groups is 1. The van der Waals surface area contributed by atoms with Crippen LogP contribution in [0.25, 0.3) is 0 Å². The van der Waals surface area contributed by atoms with Crippen LogP contribution in [-0.2, 0) is 25.6 Å². The van der Waals surface area contributed by atoms with E-state index >= 15 is 0 Å². The van der Waals surface area contributed by atoms with Crippen molar-refractivity contribution in [3.05, 3.63) is 35.9 Å². The minimum atomic E-state index is -1.08. The van der Waals surface area contributed by atoms with Gasteiger partial charge in [0.15, 0.2) is 6.29 Å². The summed E-state index contributed by atoms with van der Waals surface area (Å²) in [5.41, 5.74) is 0.971. The Morgan fingerprint density at radius 1 is 1.28 bits per heavy atom. The average molecular weight is 352 g/mol. The fourth-order valence-corrected chi connectivity index (χ4v) is 2.90. The Bertz CT molecular complexity index is 506. The van der Waals surface area contributed by atoms with Crippen LogP contribution in [0.5, 0.6) is 0 Å². The van der Waals surface area contributed by atoms with Gasteiger partial charge in [-0.05, 0) is 12.0 Å². The average Bonchev–Trinajstić information content (AvgIpc) is 2.61. The van der Waals surface area contributed by atoms with E-state index in [2.05, 4.69) is 6.92 Å². The summed E-state index contributed by atoms with van der Waals surface area (Å²) in [6.07, 6.45) is 0.175. The predicted molar refractivity (Wildman–Crippen MR) is 91.6 cm³/mol. The van der Waals surface area contributed by atoms with E-state index in [-0.39, 0.29) is 19.0 Å². The van der Waals surface area contributed by atoms with E-state index in [1.165, 1.54) is 0 Å². The van der Waals surface area contributed by atoms with E-state index in [4.69, 9.17) is 14.2 Å². The van der Waals surface area contributed by atoms with Crippen LogP contribution < -0.4 is 0 Å². The number of unbranched alkanes of at least 4 members (excludes halogenated alkanes) is 2. The van der Waals surface area contributed by atoms with Gasteiger partial charge in [-0.25, -0.2) is 0 Å². The topological polar surface area (TPSA) is 85.2 Å². The van der Waals surface area contributed by atoms with E-state index in [0.29, 0.717) is 13.0 Å². The highest BCUT2D eigenvalue weighted by Gasteiger charge is 2.41. The standard InChI is InChI=1S/C19H28O6/c1-2-3-5-10-17(21)24-15-11-18(22)25-16(12-20)19(15)23-13-14-8-6-4-7-9-14/h4,6-9,15-16,18-20,22H,2-3,5,10-13H2,1H3/t15-,16-,18?,19+/m1/s1. The second kappa shape index (κ2) is 10.5. The van der Waals surface area contributed by atoms with Gasteiger partial charge in [0.05, 0.1) is 13.2 Å². The molecule has 0 amide bonds. The molecular weight excluding hydrogens is 324 g/mol. The van der Waals surface area contributed by atoms with Crippen LogP contribution in [0.4, 0.5) is 0 Å². The lowest BCUT2D eigenvalue weighted by Crippen LogP contribution is -2.52. The molecule has 1 saturated heterocycles. The number of rotatable bonds is 9. The molecule has 1 aliphatic rings. The van der Waals surface area contributed by atoms with Crippen molar-refractivity contribution in [1.82, 2.24) is 0 Å². The number of esters is 1. The second-order valence-electron chi connectivity index (χ2n) is 6.29. The van der Waals surface area contributed by atoms with Gasteiger partial charge in [-0.1, -0.05) is 50.1 Å². The van der Waals surface area contributed by atoms with E-state index < -0.39 is 24.6 Å². The Morgan fingerprint density at radius 3 is 2.72 bits per heavy atom. The highest BCUT2D eigenvalue weighted by molar-refractivity contribution is 5.69. The first-order valence-electron chi connectivity index (χ1n) is 8.93. The highest BCUT2D eigenvalue weighted by atomic mass is 16.6. The van der Waals surface area contributed by atoms with Gasteiger partial charge in [0.1, 0.15) is 18.3 Å². The van der Waals surface area contributed by atoms with Crippen molar-refractivity contribution in [1.29, 1.82) is 0 Å². The molecule has 6 nitrogen and oxygen atoms in total. The lowest BCUT2D eigenvalue weighted by molar-refractivity contribution is -0.257. The second-order valence-corrected chi connectivity index (χ2v) is 6.29. The molecule has 2 N–H and O–H groups in total. The van der Waals surface area contributed by atoms with Crippen molar-refractivity contribution < 1.29 is 29.2 Å². The van der Waals surface area contributed by atoms with Crippen molar-refractivity contribution in [2.24, 2.45) is 0 Å². The Morgan fingerprint density at radius 2 is 2.04 bits per heavy atom. The molecule has 2 rings (SSSR count). The third kappa shape index (κ3) is 6.40. The first-order valence-corrected chi connectivity index (χ1v) is 8.93. The Kier molecular flexibility index (Phi) is 8.34. The van der Waals surface area contributed by atoms with Crippen molar-refractivity contribution >= 4 is 5.97 Å². The lowest BCUT2D eigenvalue weighted by Gasteiger charge is -2.38. The molecule has 6 heteroatoms. The highest BCUT2D eigenvalue weighted by Crippen LogP contribution is 2.26. The summed E-state index contributed by atoms with van der Waals surface area (Å²) in [4.78, 5) is 12.0. The third-order valence-electron chi connectivity index (χ3n) is 4.23. The zero-order valence-electron chi connectivity index (χ0n) is 14.7. The van der Waals surface area contributed by atoms with Crippen LogP contribution in [-0.4, -0.2) is 47.4 Å². The van der Waals surface area contributed by atoms with Gasteiger partial charge < -0.3 is 24.4 Å². The van der Waals surface area contributed by atoms with Crippen molar-refractivity contribution in [3.63, 3.8) is 0 Å². The molecule has 0 saturated carbocycles. The molecule has 4 atom stereocenters. The third-order valence-corrected chi connectivity index (χ3v) is 4.23. The Balaban J connectivity index is 1.97. The largest absolute Gasteiger partial charge is 0.459 e. The summed E-state index contributed by atoms with van der Waals surface area (Å²) in [7, 11) is 0. The fourth-order valence-electron chi connectivity index (χ4n) is 2.90. The summed E-state index contributed by atoms with van der Waals surface area (Å²) in [5, 5.41) is 19.4. The van der Waals surface area contributed by atoms with Crippen molar-refractivity contribution in [3.8, 4) is 0 Å². The number of aliphatic hydroxyl groups excluding tert-OH is 2. The SMILES string of the molecule is CCCCCC(=O)O[C@@H]1CC(O)O[C@H](CO)[C@H]1OCc1ccccc1. The number of benzene rings is 1. The zero-order valence-corrected chi connectivity index (χ0v) is 14.7. The lowest BCUT2D eigenvalue weighted by atomic mass is 10.0. The number of hydrogen-bond donors (Lipinski definition) is 2. The molecule has 0 radical (unpaired) electrons.